The number of hydrogen-bond acceptors (Lipinski definition) is 5. The van der Waals surface area contributed by atoms with Gasteiger partial charge in [0.1, 0.15) is 5.75 Å². The Hall–Kier alpha value is -3.81. The van der Waals surface area contributed by atoms with E-state index in [0.29, 0.717) is 40.4 Å². The Kier molecular flexibility index (Phi) is 7.14. The Morgan fingerprint density at radius 1 is 1.12 bits per heavy atom. The maximum atomic E-state index is 12.6. The largest absolute Gasteiger partial charge is 0.497 e. The summed E-state index contributed by atoms with van der Waals surface area (Å²) in [6.07, 6.45) is 0.756. The summed E-state index contributed by atoms with van der Waals surface area (Å²) in [5, 5.41) is 5.72. The van der Waals surface area contributed by atoms with Crippen LogP contribution in [0.5, 0.6) is 5.75 Å². The first-order valence-electron chi connectivity index (χ1n) is 10.3. The second-order valence-corrected chi connectivity index (χ2v) is 7.33. The number of benzene rings is 2. The number of methoxy groups -OCH3 is 2. The molecule has 1 unspecified atom stereocenters. The number of amides is 3. The maximum absolute atomic E-state index is 12.6. The number of carbonyl (C=O) groups is 3. The summed E-state index contributed by atoms with van der Waals surface area (Å²) in [6.45, 7) is 4.21. The first kappa shape index (κ1) is 22.9. The van der Waals surface area contributed by atoms with E-state index >= 15 is 0 Å². The van der Waals surface area contributed by atoms with Crippen LogP contribution in [0.15, 0.2) is 59.8 Å². The molecule has 0 spiro atoms. The summed E-state index contributed by atoms with van der Waals surface area (Å²) in [5.74, 6) is -0.177. The topological polar surface area (TPSA) is 97.0 Å². The normalized spacial score (nSPS) is 15.8. The average molecular weight is 437 g/mol. The lowest BCUT2D eigenvalue weighted by Gasteiger charge is -2.35. The van der Waals surface area contributed by atoms with Gasteiger partial charge in [-0.2, -0.15) is 0 Å². The Morgan fingerprint density at radius 2 is 1.84 bits per heavy atom. The third-order valence-electron chi connectivity index (χ3n) is 5.28. The number of rotatable bonds is 7. The lowest BCUT2D eigenvalue weighted by atomic mass is 9.94. The molecule has 32 heavy (non-hydrogen) atoms. The van der Waals surface area contributed by atoms with E-state index in [0.717, 1.165) is 6.42 Å². The van der Waals surface area contributed by atoms with Crippen molar-refractivity contribution in [1.82, 2.24) is 10.2 Å². The molecule has 1 aliphatic rings. The molecular formula is C24H27N3O5. The average Bonchev–Trinajstić information content (AvgIpc) is 2.81. The molecule has 0 saturated heterocycles. The molecule has 2 aromatic carbocycles. The van der Waals surface area contributed by atoms with Gasteiger partial charge in [0, 0.05) is 23.5 Å². The first-order chi connectivity index (χ1) is 15.4. The van der Waals surface area contributed by atoms with E-state index in [1.165, 1.54) is 7.11 Å². The smallest absolute Gasteiger partial charge is 0.337 e. The van der Waals surface area contributed by atoms with Crippen LogP contribution in [0.2, 0.25) is 0 Å². The van der Waals surface area contributed by atoms with Crippen molar-refractivity contribution in [1.29, 1.82) is 0 Å². The minimum absolute atomic E-state index is 0.266. The van der Waals surface area contributed by atoms with Crippen molar-refractivity contribution in [2.45, 2.75) is 26.3 Å². The molecule has 0 fully saturated rings. The van der Waals surface area contributed by atoms with E-state index in [2.05, 4.69) is 10.6 Å². The van der Waals surface area contributed by atoms with Crippen LogP contribution in [0.25, 0.3) is 0 Å². The van der Waals surface area contributed by atoms with Gasteiger partial charge in [0.15, 0.2) is 0 Å². The first-order valence-corrected chi connectivity index (χ1v) is 10.3. The van der Waals surface area contributed by atoms with E-state index in [9.17, 15) is 14.4 Å². The Bertz CT molecular complexity index is 1050. The highest BCUT2D eigenvalue weighted by molar-refractivity contribution is 6.04. The fourth-order valence-electron chi connectivity index (χ4n) is 3.63. The zero-order valence-electron chi connectivity index (χ0n) is 18.6. The van der Waals surface area contributed by atoms with Gasteiger partial charge >= 0.3 is 12.0 Å². The second-order valence-electron chi connectivity index (χ2n) is 7.33. The Labute approximate surface area is 187 Å². The molecule has 2 aromatic rings. The van der Waals surface area contributed by atoms with Gasteiger partial charge < -0.3 is 20.1 Å². The minimum atomic E-state index is -0.647. The van der Waals surface area contributed by atoms with Crippen LogP contribution in [0, 0.1) is 0 Å². The molecule has 168 valence electrons. The van der Waals surface area contributed by atoms with E-state index in [1.54, 1.807) is 67.5 Å². The molecule has 0 aliphatic carbocycles. The number of carbonyl (C=O) groups excluding carboxylic acids is 3. The van der Waals surface area contributed by atoms with Gasteiger partial charge in [-0.1, -0.05) is 25.1 Å². The van der Waals surface area contributed by atoms with Crippen LogP contribution < -0.4 is 15.4 Å². The molecule has 3 rings (SSSR count). The maximum Gasteiger partial charge on any atom is 0.337 e. The van der Waals surface area contributed by atoms with Crippen LogP contribution in [0.4, 0.5) is 10.5 Å². The molecule has 3 amide bonds. The number of nitrogens with zero attached hydrogens (tertiary/aromatic N) is 1. The molecule has 0 aromatic heterocycles. The predicted octanol–water partition coefficient (Wildman–Crippen LogP) is 3.87. The molecule has 0 saturated carbocycles. The summed E-state index contributed by atoms with van der Waals surface area (Å²) >= 11 is 0. The number of urea groups is 1. The SMILES string of the molecule is CCCN1C(=O)NC(c2ccc(NC(=O)c3cccc(OC)c3)cc2)C(C(=O)OC)=C1C. The quantitative estimate of drug-likeness (QED) is 0.641. The summed E-state index contributed by atoms with van der Waals surface area (Å²) in [4.78, 5) is 39.2. The summed E-state index contributed by atoms with van der Waals surface area (Å²) in [7, 11) is 2.86. The van der Waals surface area contributed by atoms with Gasteiger partial charge in [0.25, 0.3) is 5.91 Å². The van der Waals surface area contributed by atoms with Crippen molar-refractivity contribution < 1.29 is 23.9 Å². The zero-order chi connectivity index (χ0) is 23.3. The van der Waals surface area contributed by atoms with Crippen LogP contribution in [-0.2, 0) is 9.53 Å². The van der Waals surface area contributed by atoms with Crippen LogP contribution in [0.1, 0.15) is 42.2 Å². The molecule has 8 heteroatoms. The lowest BCUT2D eigenvalue weighted by Crippen LogP contribution is -2.48. The van der Waals surface area contributed by atoms with Crippen molar-refractivity contribution in [3.05, 3.63) is 70.9 Å². The van der Waals surface area contributed by atoms with Gasteiger partial charge in [0.05, 0.1) is 25.8 Å². The van der Waals surface area contributed by atoms with Gasteiger partial charge in [0.2, 0.25) is 0 Å². The summed E-state index contributed by atoms with van der Waals surface area (Å²) in [6, 6.07) is 12.9. The molecule has 1 heterocycles. The molecule has 0 bridgehead atoms. The van der Waals surface area contributed by atoms with Gasteiger partial charge in [-0.05, 0) is 49.2 Å². The van der Waals surface area contributed by atoms with Crippen molar-refractivity contribution in [2.75, 3.05) is 26.1 Å². The van der Waals surface area contributed by atoms with Crippen molar-refractivity contribution in [3.8, 4) is 5.75 Å². The van der Waals surface area contributed by atoms with Gasteiger partial charge in [-0.3, -0.25) is 9.69 Å². The van der Waals surface area contributed by atoms with Crippen molar-refractivity contribution in [2.24, 2.45) is 0 Å². The van der Waals surface area contributed by atoms with Gasteiger partial charge in [-0.25, -0.2) is 9.59 Å². The lowest BCUT2D eigenvalue weighted by molar-refractivity contribution is -0.136. The monoisotopic (exact) mass is 437 g/mol. The predicted molar refractivity (Wildman–Crippen MR) is 120 cm³/mol. The standard InChI is InChI=1S/C24H27N3O5/c1-5-13-27-15(2)20(23(29)32-4)21(26-24(27)30)16-9-11-18(12-10-16)25-22(28)17-7-6-8-19(14-17)31-3/h6-12,14,21H,5,13H2,1-4H3,(H,25,28)(H,26,30). The second kappa shape index (κ2) is 10.00. The van der Waals surface area contributed by atoms with E-state index in [4.69, 9.17) is 9.47 Å². The highest BCUT2D eigenvalue weighted by atomic mass is 16.5. The highest BCUT2D eigenvalue weighted by Crippen LogP contribution is 2.32. The van der Waals surface area contributed by atoms with Crippen molar-refractivity contribution in [3.63, 3.8) is 0 Å². The zero-order valence-corrected chi connectivity index (χ0v) is 18.6. The highest BCUT2D eigenvalue weighted by Gasteiger charge is 2.35. The molecule has 1 atom stereocenters. The number of hydrogen-bond donors (Lipinski definition) is 2. The molecule has 1 aliphatic heterocycles. The summed E-state index contributed by atoms with van der Waals surface area (Å²) in [5.41, 5.74) is 2.71. The van der Waals surface area contributed by atoms with Crippen LogP contribution >= 0.6 is 0 Å². The Morgan fingerprint density at radius 3 is 2.47 bits per heavy atom. The molecule has 0 radical (unpaired) electrons. The van der Waals surface area contributed by atoms with E-state index in [-0.39, 0.29) is 11.9 Å². The van der Waals surface area contributed by atoms with Crippen LogP contribution in [0.3, 0.4) is 0 Å². The molecule has 2 N–H and O–H groups in total. The van der Waals surface area contributed by atoms with E-state index in [1.807, 2.05) is 6.92 Å². The van der Waals surface area contributed by atoms with Crippen molar-refractivity contribution >= 4 is 23.6 Å². The van der Waals surface area contributed by atoms with Crippen LogP contribution in [-0.4, -0.2) is 43.6 Å². The number of ether oxygens (including phenoxy) is 2. The molecular weight excluding hydrogens is 410 g/mol. The third kappa shape index (κ3) is 4.74. The number of esters is 1. The van der Waals surface area contributed by atoms with Gasteiger partial charge in [-0.15, -0.1) is 0 Å². The number of allylic oxidation sites excluding steroid dienone is 1. The Balaban J connectivity index is 1.84. The van der Waals surface area contributed by atoms with E-state index < -0.39 is 12.0 Å². The fourth-order valence-corrected chi connectivity index (χ4v) is 3.63. The number of nitrogens with one attached hydrogen (secondary N) is 2. The molecule has 8 nitrogen and oxygen atoms in total. The minimum Gasteiger partial charge on any atom is -0.497 e. The summed E-state index contributed by atoms with van der Waals surface area (Å²) < 4.78 is 10.1. The fraction of sp³-hybridized carbons (Fsp3) is 0.292. The third-order valence-corrected chi connectivity index (χ3v) is 5.28. The number of anilines is 1.